The number of carbonyl (C=O) groups excluding carboxylic acids is 1. The number of hydrogen-bond acceptors (Lipinski definition) is 7. The zero-order chi connectivity index (χ0) is 20.9. The fourth-order valence-corrected chi connectivity index (χ4v) is 2.94. The van der Waals surface area contributed by atoms with E-state index in [0.717, 1.165) is 5.56 Å². The van der Waals surface area contributed by atoms with E-state index in [1.807, 2.05) is 42.5 Å². The van der Waals surface area contributed by atoms with Gasteiger partial charge in [0.15, 0.2) is 16.7 Å². The Morgan fingerprint density at radius 1 is 1.17 bits per heavy atom. The third-order valence-corrected chi connectivity index (χ3v) is 4.52. The number of ether oxygens (including phenoxy) is 3. The molecule has 2 aromatic carbocycles. The molecule has 0 atom stereocenters. The van der Waals surface area contributed by atoms with Crippen LogP contribution in [0.1, 0.15) is 24.5 Å². The molecule has 0 heterocycles. The van der Waals surface area contributed by atoms with Crippen LogP contribution < -0.4 is 15.2 Å². The quantitative estimate of drug-likeness (QED) is 0.276. The van der Waals surface area contributed by atoms with Gasteiger partial charge in [-0.1, -0.05) is 48.2 Å². The van der Waals surface area contributed by atoms with Gasteiger partial charge in [-0.25, -0.2) is 0 Å². The molecule has 0 unspecified atom stereocenters. The zero-order valence-electron chi connectivity index (χ0n) is 16.5. The van der Waals surface area contributed by atoms with E-state index in [1.165, 1.54) is 18.0 Å². The minimum atomic E-state index is -0.314. The van der Waals surface area contributed by atoms with Crippen LogP contribution in [0, 0.1) is 0 Å². The Balaban J connectivity index is 1.99. The topological polar surface area (TPSA) is 95.5 Å². The average Bonchev–Trinajstić information content (AvgIpc) is 2.74. The molecule has 0 saturated carbocycles. The first kappa shape index (κ1) is 22.3. The predicted molar refractivity (Wildman–Crippen MR) is 117 cm³/mol. The number of thioether (sulfide) groups is 1. The Morgan fingerprint density at radius 3 is 2.69 bits per heavy atom. The summed E-state index contributed by atoms with van der Waals surface area (Å²) in [5, 5.41) is 8.43. The van der Waals surface area contributed by atoms with Crippen molar-refractivity contribution >= 4 is 29.1 Å². The van der Waals surface area contributed by atoms with E-state index in [4.69, 9.17) is 19.9 Å². The van der Waals surface area contributed by atoms with E-state index < -0.39 is 0 Å². The lowest BCUT2D eigenvalue weighted by Gasteiger charge is -2.12. The fourth-order valence-electron chi connectivity index (χ4n) is 2.33. The van der Waals surface area contributed by atoms with E-state index in [1.54, 1.807) is 20.1 Å². The van der Waals surface area contributed by atoms with Crippen molar-refractivity contribution < 1.29 is 19.0 Å². The second-order valence-electron chi connectivity index (χ2n) is 5.74. The summed E-state index contributed by atoms with van der Waals surface area (Å²) in [5.41, 5.74) is 7.74. The van der Waals surface area contributed by atoms with E-state index in [2.05, 4.69) is 10.2 Å². The maximum Gasteiger partial charge on any atom is 0.309 e. The number of amidine groups is 1. The number of nitrogens with zero attached hydrogens (tertiary/aromatic N) is 2. The molecule has 29 heavy (non-hydrogen) atoms. The van der Waals surface area contributed by atoms with Crippen molar-refractivity contribution in [3.63, 3.8) is 0 Å². The normalized spacial score (nSPS) is 11.4. The maximum absolute atomic E-state index is 11.5. The highest BCUT2D eigenvalue weighted by Crippen LogP contribution is 2.30. The Labute approximate surface area is 174 Å². The molecule has 0 fully saturated rings. The summed E-state index contributed by atoms with van der Waals surface area (Å²) in [6.45, 7) is 2.27. The highest BCUT2D eigenvalue weighted by molar-refractivity contribution is 8.13. The zero-order valence-corrected chi connectivity index (χ0v) is 17.4. The molecule has 0 aromatic heterocycles. The smallest absolute Gasteiger partial charge is 0.309 e. The molecule has 0 bridgehead atoms. The number of rotatable bonds is 10. The molecular weight excluding hydrogens is 390 g/mol. The summed E-state index contributed by atoms with van der Waals surface area (Å²) in [5.74, 6) is 1.42. The molecule has 0 radical (unpaired) electrons. The molecule has 0 aliphatic rings. The summed E-state index contributed by atoms with van der Waals surface area (Å²) >= 11 is 1.40. The maximum atomic E-state index is 11.5. The molecule has 7 nitrogen and oxygen atoms in total. The van der Waals surface area contributed by atoms with Crippen molar-refractivity contribution in [3.05, 3.63) is 59.7 Å². The van der Waals surface area contributed by atoms with Gasteiger partial charge >= 0.3 is 5.97 Å². The van der Waals surface area contributed by atoms with Crippen LogP contribution in [0.4, 0.5) is 0 Å². The van der Waals surface area contributed by atoms with Crippen LogP contribution >= 0.6 is 11.8 Å². The van der Waals surface area contributed by atoms with Gasteiger partial charge in [-0.2, -0.15) is 5.10 Å². The third kappa shape index (κ3) is 7.87. The molecule has 2 aromatic rings. The van der Waals surface area contributed by atoms with E-state index in [9.17, 15) is 4.79 Å². The van der Waals surface area contributed by atoms with E-state index in [0.29, 0.717) is 34.6 Å². The van der Waals surface area contributed by atoms with Crippen LogP contribution in [-0.4, -0.2) is 37.7 Å². The Kier molecular flexibility index (Phi) is 9.57. The van der Waals surface area contributed by atoms with Gasteiger partial charge in [0.2, 0.25) is 0 Å². The lowest BCUT2D eigenvalue weighted by atomic mass is 10.2. The van der Waals surface area contributed by atoms with Crippen LogP contribution in [-0.2, 0) is 15.3 Å². The number of para-hydroxylation sites is 1. The Bertz CT molecular complexity index is 841. The van der Waals surface area contributed by atoms with Gasteiger partial charge in [-0.15, -0.1) is 5.10 Å². The summed E-state index contributed by atoms with van der Waals surface area (Å²) in [4.78, 5) is 11.5. The molecule has 154 valence electrons. The molecule has 8 heteroatoms. The van der Waals surface area contributed by atoms with Gasteiger partial charge in [-0.05, 0) is 24.6 Å². The minimum Gasteiger partial charge on any atom is -0.493 e. The van der Waals surface area contributed by atoms with Crippen LogP contribution in [0.5, 0.6) is 11.5 Å². The number of carbonyl (C=O) groups is 1. The fraction of sp³-hybridized carbons (Fsp3) is 0.286. The number of esters is 1. The number of benzene rings is 2. The van der Waals surface area contributed by atoms with Crippen molar-refractivity contribution in [2.75, 3.05) is 20.3 Å². The second kappa shape index (κ2) is 12.5. The lowest BCUT2D eigenvalue weighted by molar-refractivity contribution is -0.143. The Morgan fingerprint density at radius 2 is 1.97 bits per heavy atom. The minimum absolute atomic E-state index is 0.143. The highest BCUT2D eigenvalue weighted by atomic mass is 32.2. The van der Waals surface area contributed by atoms with Gasteiger partial charge in [-0.3, -0.25) is 4.79 Å². The number of methoxy groups -OCH3 is 1. The van der Waals surface area contributed by atoms with Gasteiger partial charge in [0.1, 0.15) is 0 Å². The van der Waals surface area contributed by atoms with Crippen LogP contribution in [0.25, 0.3) is 0 Å². The predicted octanol–water partition coefficient (Wildman–Crippen LogP) is 3.61. The van der Waals surface area contributed by atoms with E-state index in [-0.39, 0.29) is 19.0 Å². The SMILES string of the molecule is CCOC(=O)CCOc1c(C=NN=C(N)SCc2ccccc2)cccc1OC. The summed E-state index contributed by atoms with van der Waals surface area (Å²) in [7, 11) is 1.55. The van der Waals surface area contributed by atoms with Crippen molar-refractivity contribution in [3.8, 4) is 11.5 Å². The van der Waals surface area contributed by atoms with Crippen molar-refractivity contribution in [1.82, 2.24) is 0 Å². The molecule has 2 rings (SSSR count). The molecule has 0 spiro atoms. The average molecular weight is 416 g/mol. The highest BCUT2D eigenvalue weighted by Gasteiger charge is 2.11. The lowest BCUT2D eigenvalue weighted by Crippen LogP contribution is -2.10. The first-order valence-electron chi connectivity index (χ1n) is 9.12. The van der Waals surface area contributed by atoms with Crippen molar-refractivity contribution in [1.29, 1.82) is 0 Å². The van der Waals surface area contributed by atoms with Gasteiger partial charge in [0.05, 0.1) is 33.0 Å². The first-order valence-corrected chi connectivity index (χ1v) is 10.1. The Hall–Kier alpha value is -3.00. The van der Waals surface area contributed by atoms with Crippen LogP contribution in [0.2, 0.25) is 0 Å². The van der Waals surface area contributed by atoms with Crippen LogP contribution in [0.15, 0.2) is 58.7 Å². The van der Waals surface area contributed by atoms with Gasteiger partial charge in [0.25, 0.3) is 0 Å². The standard InChI is InChI=1S/C21H25N3O4S/c1-3-27-19(25)12-13-28-20-17(10-7-11-18(20)26-2)14-23-24-21(22)29-15-16-8-5-4-6-9-16/h4-11,14H,3,12-13,15H2,1-2H3,(H2,22,24). The molecule has 0 aliphatic heterocycles. The van der Waals surface area contributed by atoms with Crippen molar-refractivity contribution in [2.45, 2.75) is 19.1 Å². The monoisotopic (exact) mass is 415 g/mol. The van der Waals surface area contributed by atoms with E-state index >= 15 is 0 Å². The van der Waals surface area contributed by atoms with Gasteiger partial charge in [0, 0.05) is 11.3 Å². The third-order valence-electron chi connectivity index (χ3n) is 3.67. The van der Waals surface area contributed by atoms with Crippen molar-refractivity contribution in [2.24, 2.45) is 15.9 Å². The first-order chi connectivity index (χ1) is 14.1. The largest absolute Gasteiger partial charge is 0.493 e. The molecule has 0 aliphatic carbocycles. The second-order valence-corrected chi connectivity index (χ2v) is 6.73. The molecule has 2 N–H and O–H groups in total. The summed E-state index contributed by atoms with van der Waals surface area (Å²) in [6.07, 6.45) is 1.68. The number of nitrogens with two attached hydrogens (primary N) is 1. The van der Waals surface area contributed by atoms with Crippen LogP contribution in [0.3, 0.4) is 0 Å². The summed E-state index contributed by atoms with van der Waals surface area (Å²) in [6, 6.07) is 15.4. The number of hydrogen-bond donors (Lipinski definition) is 1. The molecule has 0 saturated heterocycles. The van der Waals surface area contributed by atoms with Gasteiger partial charge < -0.3 is 19.9 Å². The summed E-state index contributed by atoms with van der Waals surface area (Å²) < 4.78 is 16.0. The molecular formula is C21H25N3O4S. The molecule has 0 amide bonds.